The fraction of sp³-hybridized carbons (Fsp3) is 0.471. The minimum Gasteiger partial charge on any atom is -0.427 e. The summed E-state index contributed by atoms with van der Waals surface area (Å²) in [6.45, 7) is 3.06. The first kappa shape index (κ1) is 17.0. The summed E-state index contributed by atoms with van der Waals surface area (Å²) >= 11 is 0. The first-order valence-corrected chi connectivity index (χ1v) is 7.86. The third kappa shape index (κ3) is 5.09. The van der Waals surface area contributed by atoms with Gasteiger partial charge in [-0.15, -0.1) is 0 Å². The van der Waals surface area contributed by atoms with E-state index in [0.717, 1.165) is 32.4 Å². The zero-order valence-corrected chi connectivity index (χ0v) is 13.4. The Morgan fingerprint density at radius 2 is 1.87 bits per heavy atom. The Morgan fingerprint density at radius 1 is 1.26 bits per heavy atom. The van der Waals surface area contributed by atoms with Crippen LogP contribution in [0.15, 0.2) is 24.3 Å². The van der Waals surface area contributed by atoms with Gasteiger partial charge in [-0.1, -0.05) is 0 Å². The fourth-order valence-electron chi connectivity index (χ4n) is 2.72. The zero-order chi connectivity index (χ0) is 16.8. The van der Waals surface area contributed by atoms with Crippen molar-refractivity contribution in [3.8, 4) is 5.75 Å². The molecule has 0 radical (unpaired) electrons. The smallest absolute Gasteiger partial charge is 0.311 e. The summed E-state index contributed by atoms with van der Waals surface area (Å²) < 4.78 is 5.28. The maximum atomic E-state index is 11.9. The van der Waals surface area contributed by atoms with Crippen LogP contribution in [-0.4, -0.2) is 35.7 Å². The number of rotatable bonds is 5. The van der Waals surface area contributed by atoms with Crippen LogP contribution in [0.2, 0.25) is 0 Å². The average Bonchev–Trinajstić information content (AvgIpc) is 2.54. The molecule has 1 saturated heterocycles. The Balaban J connectivity index is 1.73. The van der Waals surface area contributed by atoms with Crippen molar-refractivity contribution in [3.05, 3.63) is 29.8 Å². The second-order valence-corrected chi connectivity index (χ2v) is 5.91. The number of likely N-dealkylation sites (tertiary alicyclic amines) is 1. The maximum Gasteiger partial charge on any atom is 0.311 e. The third-order valence-corrected chi connectivity index (χ3v) is 4.20. The van der Waals surface area contributed by atoms with Gasteiger partial charge < -0.3 is 15.4 Å². The van der Waals surface area contributed by atoms with E-state index in [1.54, 1.807) is 24.3 Å². The lowest BCUT2D eigenvalue weighted by molar-refractivity contribution is -0.134. The number of hydrogen-bond acceptors (Lipinski definition) is 4. The minimum absolute atomic E-state index is 0.0141. The van der Waals surface area contributed by atoms with E-state index in [-0.39, 0.29) is 17.7 Å². The van der Waals surface area contributed by atoms with E-state index in [9.17, 15) is 9.59 Å². The molecule has 0 atom stereocenters. The first-order chi connectivity index (χ1) is 11.0. The summed E-state index contributed by atoms with van der Waals surface area (Å²) in [6.07, 6.45) is 3.05. The van der Waals surface area contributed by atoms with Crippen LogP contribution in [0.25, 0.3) is 0 Å². The van der Waals surface area contributed by atoms with E-state index in [4.69, 9.17) is 15.9 Å². The minimum atomic E-state index is -0.255. The molecule has 2 rings (SSSR count). The lowest BCUT2D eigenvalue weighted by Crippen LogP contribution is -2.42. The van der Waals surface area contributed by atoms with Crippen molar-refractivity contribution in [3.63, 3.8) is 0 Å². The van der Waals surface area contributed by atoms with Crippen LogP contribution < -0.4 is 10.5 Å². The molecular weight excluding hydrogens is 294 g/mol. The molecule has 1 aliphatic rings. The van der Waals surface area contributed by atoms with E-state index in [2.05, 4.69) is 0 Å². The van der Waals surface area contributed by atoms with Crippen molar-refractivity contribution in [1.29, 1.82) is 5.41 Å². The molecule has 1 heterocycles. The molecule has 3 N–H and O–H groups in total. The Labute approximate surface area is 136 Å². The highest BCUT2D eigenvalue weighted by atomic mass is 16.5. The first-order valence-electron chi connectivity index (χ1n) is 7.86. The average molecular weight is 317 g/mol. The number of guanidine groups is 1. The highest BCUT2D eigenvalue weighted by molar-refractivity contribution is 5.94. The third-order valence-electron chi connectivity index (χ3n) is 4.20. The van der Waals surface area contributed by atoms with Gasteiger partial charge in [0.1, 0.15) is 5.75 Å². The van der Waals surface area contributed by atoms with Crippen molar-refractivity contribution in [2.45, 2.75) is 32.6 Å². The molecule has 0 spiro atoms. The number of ether oxygens (including phenoxy) is 1. The molecule has 6 heteroatoms. The zero-order valence-electron chi connectivity index (χ0n) is 13.4. The topological polar surface area (TPSA) is 96.5 Å². The van der Waals surface area contributed by atoms with Crippen molar-refractivity contribution in [2.75, 3.05) is 13.1 Å². The number of hydrogen-bond donors (Lipinski definition) is 2. The Morgan fingerprint density at radius 3 is 2.39 bits per heavy atom. The molecule has 0 aliphatic carbocycles. The number of benzene rings is 1. The van der Waals surface area contributed by atoms with E-state index in [0.29, 0.717) is 23.7 Å². The number of ketones is 1. The number of nitrogens with one attached hydrogen (secondary N) is 1. The fourth-order valence-corrected chi connectivity index (χ4v) is 2.72. The number of carbonyl (C=O) groups is 2. The lowest BCUT2D eigenvalue weighted by atomic mass is 9.92. The van der Waals surface area contributed by atoms with Crippen molar-refractivity contribution >= 4 is 17.7 Å². The van der Waals surface area contributed by atoms with Crippen molar-refractivity contribution in [1.82, 2.24) is 4.90 Å². The predicted octanol–water partition coefficient (Wildman–Crippen LogP) is 2.18. The van der Waals surface area contributed by atoms with Crippen LogP contribution in [0.4, 0.5) is 0 Å². The van der Waals surface area contributed by atoms with Crippen LogP contribution in [0, 0.1) is 11.3 Å². The summed E-state index contributed by atoms with van der Waals surface area (Å²) in [5.41, 5.74) is 6.06. The highest BCUT2D eigenvalue weighted by Crippen LogP contribution is 2.22. The van der Waals surface area contributed by atoms with E-state index < -0.39 is 0 Å². The number of Topliss-reactive ketones (excluding diaryl/α,β-unsaturated/α-hetero) is 1. The van der Waals surface area contributed by atoms with Crippen LogP contribution in [0.1, 0.15) is 43.0 Å². The number of carbonyl (C=O) groups excluding carboxylic acids is 2. The largest absolute Gasteiger partial charge is 0.427 e. The van der Waals surface area contributed by atoms with Gasteiger partial charge in [0.2, 0.25) is 0 Å². The Bertz CT molecular complexity index is 575. The summed E-state index contributed by atoms with van der Waals surface area (Å²) in [4.78, 5) is 24.9. The molecule has 0 saturated carbocycles. The van der Waals surface area contributed by atoms with E-state index in [1.165, 1.54) is 6.92 Å². The molecule has 0 unspecified atom stereocenters. The molecular formula is C17H23N3O3. The normalized spacial score (nSPS) is 15.3. The van der Waals surface area contributed by atoms with Gasteiger partial charge in [0.15, 0.2) is 11.7 Å². The summed E-state index contributed by atoms with van der Waals surface area (Å²) in [6, 6.07) is 6.59. The molecule has 1 aromatic carbocycles. The van der Waals surface area contributed by atoms with Crippen molar-refractivity contribution in [2.24, 2.45) is 11.7 Å². The summed E-state index contributed by atoms with van der Waals surface area (Å²) in [7, 11) is 0. The molecule has 0 aromatic heterocycles. The maximum absolute atomic E-state index is 11.9. The number of nitrogens with zero attached hydrogens (tertiary/aromatic N) is 1. The molecule has 6 nitrogen and oxygen atoms in total. The van der Waals surface area contributed by atoms with E-state index in [1.807, 2.05) is 4.90 Å². The van der Waals surface area contributed by atoms with Crippen LogP contribution in [0.3, 0.4) is 0 Å². The molecule has 0 amide bonds. The van der Waals surface area contributed by atoms with Gasteiger partial charge in [0.05, 0.1) is 0 Å². The quantitative estimate of drug-likeness (QED) is 0.285. The number of nitrogens with two attached hydrogens (primary N) is 1. The van der Waals surface area contributed by atoms with Gasteiger partial charge in [-0.2, -0.15) is 0 Å². The second kappa shape index (κ2) is 7.76. The summed E-state index contributed by atoms with van der Waals surface area (Å²) in [5.74, 6) is 0.788. The molecule has 124 valence electrons. The standard InChI is InChI=1S/C17H23N3O3/c1-12(21)14-3-5-15(6-4-14)23-16(22)7-2-13-8-10-20(11-9-13)17(18)19/h3-6,13H,2,7-11H2,1H3,(H3,18,19). The SMILES string of the molecule is CC(=O)c1ccc(OC(=O)CCC2CCN(C(=N)N)CC2)cc1. The van der Waals surface area contributed by atoms with Gasteiger partial charge in [-0.25, -0.2) is 0 Å². The molecule has 1 fully saturated rings. The predicted molar refractivity (Wildman–Crippen MR) is 87.5 cm³/mol. The van der Waals surface area contributed by atoms with Gasteiger partial charge >= 0.3 is 5.97 Å². The second-order valence-electron chi connectivity index (χ2n) is 5.91. The van der Waals surface area contributed by atoms with E-state index >= 15 is 0 Å². The van der Waals surface area contributed by atoms with Gasteiger partial charge in [-0.05, 0) is 56.4 Å². The van der Waals surface area contributed by atoms with Gasteiger partial charge in [0.25, 0.3) is 0 Å². The van der Waals surface area contributed by atoms with Gasteiger partial charge in [0, 0.05) is 25.1 Å². The van der Waals surface area contributed by atoms with Gasteiger partial charge in [-0.3, -0.25) is 15.0 Å². The highest BCUT2D eigenvalue weighted by Gasteiger charge is 2.20. The Kier molecular flexibility index (Phi) is 5.73. The number of piperidine rings is 1. The summed E-state index contributed by atoms with van der Waals surface area (Å²) in [5, 5.41) is 7.40. The number of esters is 1. The molecule has 23 heavy (non-hydrogen) atoms. The monoisotopic (exact) mass is 317 g/mol. The molecule has 1 aliphatic heterocycles. The molecule has 1 aromatic rings. The van der Waals surface area contributed by atoms with Crippen LogP contribution >= 0.6 is 0 Å². The lowest BCUT2D eigenvalue weighted by Gasteiger charge is -2.31. The Hall–Kier alpha value is -2.37. The van der Waals surface area contributed by atoms with Crippen molar-refractivity contribution < 1.29 is 14.3 Å². The molecule has 0 bridgehead atoms. The van der Waals surface area contributed by atoms with Crippen LogP contribution in [0.5, 0.6) is 5.75 Å². The van der Waals surface area contributed by atoms with Crippen LogP contribution in [-0.2, 0) is 4.79 Å².